The lowest BCUT2D eigenvalue weighted by Crippen LogP contribution is -2.42. The standard InChI is InChI=1S/C18H28N4O3.HI/c1-4-19-18(21-12-17(23)22-14-9-10-14)20-11-13(2)25-16-8-6-5-7-15(16)24-3;/h5-8,13-14H,4,9-12H2,1-3H3,(H,22,23)(H2,19,20,21);1H. The summed E-state index contributed by atoms with van der Waals surface area (Å²) < 4.78 is 11.2. The molecular formula is C18H29IN4O3. The molecule has 1 atom stereocenters. The number of amides is 1. The van der Waals surface area contributed by atoms with E-state index in [2.05, 4.69) is 20.9 Å². The molecule has 1 aromatic rings. The van der Waals surface area contributed by atoms with Gasteiger partial charge in [0.2, 0.25) is 5.91 Å². The van der Waals surface area contributed by atoms with Crippen molar-refractivity contribution in [1.82, 2.24) is 16.0 Å². The van der Waals surface area contributed by atoms with E-state index in [-0.39, 0.29) is 42.5 Å². The maximum atomic E-state index is 11.7. The fourth-order valence-corrected chi connectivity index (χ4v) is 2.21. The average Bonchev–Trinajstić information content (AvgIpc) is 3.41. The van der Waals surface area contributed by atoms with Crippen LogP contribution in [-0.4, -0.2) is 50.8 Å². The Bertz CT molecular complexity index is 594. The Kier molecular flexibility index (Phi) is 10.2. The zero-order chi connectivity index (χ0) is 18.1. The minimum absolute atomic E-state index is 0. The summed E-state index contributed by atoms with van der Waals surface area (Å²) in [6, 6.07) is 7.89. The van der Waals surface area contributed by atoms with Gasteiger partial charge in [-0.05, 0) is 38.8 Å². The highest BCUT2D eigenvalue weighted by molar-refractivity contribution is 14.0. The lowest BCUT2D eigenvalue weighted by atomic mass is 10.3. The first-order chi connectivity index (χ1) is 12.1. The number of hydrogen-bond donors (Lipinski definition) is 3. The van der Waals surface area contributed by atoms with Gasteiger partial charge >= 0.3 is 0 Å². The number of hydrogen-bond acceptors (Lipinski definition) is 4. The lowest BCUT2D eigenvalue weighted by Gasteiger charge is -2.19. The predicted molar refractivity (Wildman–Crippen MR) is 114 cm³/mol. The highest BCUT2D eigenvalue weighted by Crippen LogP contribution is 2.26. The average molecular weight is 476 g/mol. The molecule has 0 radical (unpaired) electrons. The van der Waals surface area contributed by atoms with Crippen molar-refractivity contribution in [2.75, 3.05) is 26.7 Å². The van der Waals surface area contributed by atoms with E-state index >= 15 is 0 Å². The molecule has 0 spiro atoms. The van der Waals surface area contributed by atoms with Crippen molar-refractivity contribution < 1.29 is 14.3 Å². The third-order valence-electron chi connectivity index (χ3n) is 3.62. The SMILES string of the molecule is CCNC(=NCC(=O)NC1CC1)NCC(C)Oc1ccccc1OC.I. The molecule has 1 aromatic carbocycles. The number of guanidine groups is 1. The second-order valence-electron chi connectivity index (χ2n) is 6.00. The van der Waals surface area contributed by atoms with Crippen LogP contribution < -0.4 is 25.4 Å². The first-order valence-corrected chi connectivity index (χ1v) is 8.73. The van der Waals surface area contributed by atoms with Crippen LogP contribution in [0.25, 0.3) is 0 Å². The summed E-state index contributed by atoms with van der Waals surface area (Å²) in [7, 11) is 1.62. The fraction of sp³-hybridized carbons (Fsp3) is 0.556. The van der Waals surface area contributed by atoms with Gasteiger partial charge < -0.3 is 25.4 Å². The number of benzene rings is 1. The molecule has 1 fully saturated rings. The Morgan fingerprint density at radius 1 is 1.27 bits per heavy atom. The van der Waals surface area contributed by atoms with E-state index in [9.17, 15) is 4.79 Å². The van der Waals surface area contributed by atoms with Crippen molar-refractivity contribution in [3.05, 3.63) is 24.3 Å². The topological polar surface area (TPSA) is 84.0 Å². The number of halogens is 1. The summed E-state index contributed by atoms with van der Waals surface area (Å²) >= 11 is 0. The van der Waals surface area contributed by atoms with Crippen LogP contribution in [0.2, 0.25) is 0 Å². The summed E-state index contributed by atoms with van der Waals surface area (Å²) in [5, 5.41) is 9.24. The van der Waals surface area contributed by atoms with Crippen molar-refractivity contribution in [3.8, 4) is 11.5 Å². The minimum atomic E-state index is -0.0968. The number of nitrogens with one attached hydrogen (secondary N) is 3. The highest BCUT2D eigenvalue weighted by atomic mass is 127. The Labute approximate surface area is 172 Å². The monoisotopic (exact) mass is 476 g/mol. The molecule has 1 aliphatic carbocycles. The molecule has 0 heterocycles. The normalized spacial score (nSPS) is 14.7. The third-order valence-corrected chi connectivity index (χ3v) is 3.62. The maximum absolute atomic E-state index is 11.7. The number of carbonyl (C=O) groups excluding carboxylic acids is 1. The molecule has 1 saturated carbocycles. The quantitative estimate of drug-likeness (QED) is 0.288. The van der Waals surface area contributed by atoms with Gasteiger partial charge in [-0.2, -0.15) is 0 Å². The molecule has 1 aliphatic rings. The molecule has 3 N–H and O–H groups in total. The van der Waals surface area contributed by atoms with Gasteiger partial charge in [0, 0.05) is 12.6 Å². The summed E-state index contributed by atoms with van der Waals surface area (Å²) in [6.07, 6.45) is 2.05. The number of para-hydroxylation sites is 2. The summed E-state index contributed by atoms with van der Waals surface area (Å²) in [5.74, 6) is 1.96. The number of ether oxygens (including phenoxy) is 2. The van der Waals surface area contributed by atoms with Crippen molar-refractivity contribution in [3.63, 3.8) is 0 Å². The molecule has 7 nitrogen and oxygen atoms in total. The zero-order valence-corrected chi connectivity index (χ0v) is 17.9. The number of carbonyl (C=O) groups is 1. The largest absolute Gasteiger partial charge is 0.493 e. The first-order valence-electron chi connectivity index (χ1n) is 8.73. The van der Waals surface area contributed by atoms with Crippen LogP contribution in [-0.2, 0) is 4.79 Å². The molecule has 0 aliphatic heterocycles. The van der Waals surface area contributed by atoms with E-state index in [4.69, 9.17) is 9.47 Å². The molecule has 26 heavy (non-hydrogen) atoms. The molecular weight excluding hydrogens is 447 g/mol. The van der Waals surface area contributed by atoms with Gasteiger partial charge in [-0.25, -0.2) is 4.99 Å². The number of nitrogens with zero attached hydrogens (tertiary/aromatic N) is 1. The van der Waals surface area contributed by atoms with Crippen LogP contribution in [0.3, 0.4) is 0 Å². The molecule has 1 unspecified atom stereocenters. The van der Waals surface area contributed by atoms with Crippen molar-refractivity contribution >= 4 is 35.8 Å². The second-order valence-corrected chi connectivity index (χ2v) is 6.00. The highest BCUT2D eigenvalue weighted by Gasteiger charge is 2.22. The molecule has 0 bridgehead atoms. The van der Waals surface area contributed by atoms with E-state index in [1.54, 1.807) is 7.11 Å². The third kappa shape index (κ3) is 8.11. The zero-order valence-electron chi connectivity index (χ0n) is 15.6. The number of aliphatic imine (C=N–C) groups is 1. The van der Waals surface area contributed by atoms with Gasteiger partial charge in [0.05, 0.1) is 13.7 Å². The smallest absolute Gasteiger partial charge is 0.242 e. The Balaban J connectivity index is 0.00000338. The summed E-state index contributed by atoms with van der Waals surface area (Å²) in [5.41, 5.74) is 0. The van der Waals surface area contributed by atoms with E-state index in [0.29, 0.717) is 30.0 Å². The molecule has 0 aromatic heterocycles. The lowest BCUT2D eigenvalue weighted by molar-refractivity contribution is -0.119. The van der Waals surface area contributed by atoms with E-state index in [0.717, 1.165) is 19.4 Å². The fourth-order valence-electron chi connectivity index (χ4n) is 2.21. The maximum Gasteiger partial charge on any atom is 0.242 e. The summed E-state index contributed by atoms with van der Waals surface area (Å²) in [4.78, 5) is 16.0. The number of rotatable bonds is 9. The van der Waals surface area contributed by atoms with Gasteiger partial charge in [-0.3, -0.25) is 4.79 Å². The molecule has 8 heteroatoms. The Morgan fingerprint density at radius 2 is 1.96 bits per heavy atom. The first kappa shape index (κ1) is 22.3. The summed E-state index contributed by atoms with van der Waals surface area (Å²) in [6.45, 7) is 5.33. The van der Waals surface area contributed by atoms with Gasteiger partial charge in [0.15, 0.2) is 17.5 Å². The minimum Gasteiger partial charge on any atom is -0.493 e. The van der Waals surface area contributed by atoms with Crippen LogP contribution in [0.1, 0.15) is 26.7 Å². The van der Waals surface area contributed by atoms with Crippen LogP contribution in [0.15, 0.2) is 29.3 Å². The van der Waals surface area contributed by atoms with Gasteiger partial charge in [-0.15, -0.1) is 24.0 Å². The molecule has 0 saturated heterocycles. The molecule has 2 rings (SSSR count). The molecule has 146 valence electrons. The van der Waals surface area contributed by atoms with Crippen molar-refractivity contribution in [2.24, 2.45) is 4.99 Å². The Morgan fingerprint density at radius 3 is 2.58 bits per heavy atom. The van der Waals surface area contributed by atoms with Gasteiger partial charge in [0.25, 0.3) is 0 Å². The molecule has 1 amide bonds. The van der Waals surface area contributed by atoms with Gasteiger partial charge in [0.1, 0.15) is 12.6 Å². The van der Waals surface area contributed by atoms with Gasteiger partial charge in [-0.1, -0.05) is 12.1 Å². The van der Waals surface area contributed by atoms with Crippen molar-refractivity contribution in [2.45, 2.75) is 38.8 Å². The second kappa shape index (κ2) is 11.8. The van der Waals surface area contributed by atoms with E-state index in [1.165, 1.54) is 0 Å². The predicted octanol–water partition coefficient (Wildman–Crippen LogP) is 1.91. The van der Waals surface area contributed by atoms with Crippen LogP contribution >= 0.6 is 24.0 Å². The Hall–Kier alpha value is -1.71. The van der Waals surface area contributed by atoms with Crippen LogP contribution in [0.4, 0.5) is 0 Å². The number of methoxy groups -OCH3 is 1. The van der Waals surface area contributed by atoms with Crippen LogP contribution in [0.5, 0.6) is 11.5 Å². The van der Waals surface area contributed by atoms with Crippen molar-refractivity contribution in [1.29, 1.82) is 0 Å². The van der Waals surface area contributed by atoms with E-state index < -0.39 is 0 Å². The van der Waals surface area contributed by atoms with E-state index in [1.807, 2.05) is 38.1 Å². The van der Waals surface area contributed by atoms with Crippen LogP contribution in [0, 0.1) is 0 Å².